The van der Waals surface area contributed by atoms with Crippen molar-refractivity contribution in [2.75, 3.05) is 6.73 Å². The van der Waals surface area contributed by atoms with E-state index in [1.807, 2.05) is 11.0 Å². The number of allylic oxidation sites excluding steroid dienone is 1. The Hall–Kier alpha value is -2.56. The molecule has 41 heavy (non-hydrogen) atoms. The molecule has 6 aliphatic rings. The first kappa shape index (κ1) is 28.6. The number of carbonyl (C=O) groups is 2. The third-order valence-corrected chi connectivity index (χ3v) is 10.5. The molecule has 5 fully saturated rings. The topological polar surface area (TPSA) is 104 Å². The van der Waals surface area contributed by atoms with Gasteiger partial charge in [-0.1, -0.05) is 51.1 Å². The van der Waals surface area contributed by atoms with Gasteiger partial charge in [-0.25, -0.2) is 9.69 Å². The summed E-state index contributed by atoms with van der Waals surface area (Å²) in [6.45, 7) is 13.6. The maximum absolute atomic E-state index is 13.1. The van der Waals surface area contributed by atoms with Gasteiger partial charge in [0.2, 0.25) is 6.29 Å². The van der Waals surface area contributed by atoms with Gasteiger partial charge in [0.05, 0.1) is 23.3 Å². The quantitative estimate of drug-likeness (QED) is 0.412. The van der Waals surface area contributed by atoms with Gasteiger partial charge in [-0.15, -0.1) is 0 Å². The van der Waals surface area contributed by atoms with E-state index >= 15 is 0 Å². The maximum atomic E-state index is 13.1. The van der Waals surface area contributed by atoms with Crippen LogP contribution >= 0.6 is 0 Å². The van der Waals surface area contributed by atoms with Crippen LogP contribution in [0.25, 0.3) is 0 Å². The predicted molar refractivity (Wildman–Crippen MR) is 148 cm³/mol. The second-order valence-corrected chi connectivity index (χ2v) is 13.0. The van der Waals surface area contributed by atoms with Crippen LogP contribution in [0.2, 0.25) is 0 Å². The third kappa shape index (κ3) is 4.23. The van der Waals surface area contributed by atoms with Crippen molar-refractivity contribution in [3.8, 4) is 0 Å². The molecule has 2 aliphatic carbocycles. The first-order chi connectivity index (χ1) is 19.4. The van der Waals surface area contributed by atoms with Gasteiger partial charge in [-0.05, 0) is 56.4 Å². The fourth-order valence-corrected chi connectivity index (χ4v) is 8.48. The van der Waals surface area contributed by atoms with E-state index in [1.165, 1.54) is 12.5 Å². The second kappa shape index (κ2) is 10.0. The van der Waals surface area contributed by atoms with E-state index in [0.717, 1.165) is 5.57 Å². The summed E-state index contributed by atoms with van der Waals surface area (Å²) in [5.74, 6) is -1.42. The lowest BCUT2D eigenvalue weighted by Gasteiger charge is -2.64. The zero-order valence-corrected chi connectivity index (χ0v) is 24.5. The lowest BCUT2D eigenvalue weighted by molar-refractivity contribution is -0.322. The molecule has 0 amide bonds. The lowest BCUT2D eigenvalue weighted by Crippen LogP contribution is -2.75. The van der Waals surface area contributed by atoms with Crippen molar-refractivity contribution >= 4 is 11.9 Å². The smallest absolute Gasteiger partial charge is 0.339 e. The highest BCUT2D eigenvalue weighted by Gasteiger charge is 2.72. The number of rotatable bonds is 5. The monoisotopic (exact) mass is 567 g/mol. The minimum Gasteiger partial charge on any atom is -0.446 e. The average molecular weight is 568 g/mol. The van der Waals surface area contributed by atoms with Gasteiger partial charge in [0.1, 0.15) is 19.1 Å². The molecule has 1 aromatic rings. The van der Waals surface area contributed by atoms with Crippen molar-refractivity contribution < 1.29 is 38.4 Å². The third-order valence-electron chi connectivity index (χ3n) is 10.5. The normalized spacial score (nSPS) is 41.1. The molecule has 0 aromatic heterocycles. The summed E-state index contributed by atoms with van der Waals surface area (Å²) in [6.07, 6.45) is 1.13. The van der Waals surface area contributed by atoms with Gasteiger partial charge in [0.25, 0.3) is 0 Å². The van der Waals surface area contributed by atoms with Crippen LogP contribution in [0.5, 0.6) is 0 Å². The van der Waals surface area contributed by atoms with Crippen LogP contribution in [0.4, 0.5) is 0 Å². The standard InChI is InChI=1S/C32H41NO8/c1-7-22-40-25-23-18(2)13-16-32(36,30(23,4)5)26-24-29(38-19(3)34)39-21(14-15-31(24,6)27(25)41-22)33(26)17-37-28(35)20-11-9-8-10-12-20/h7-12,21-22,24-27,29,36H,1,13-17H2,2-6H3. The molecule has 1 saturated carbocycles. The van der Waals surface area contributed by atoms with Gasteiger partial charge >= 0.3 is 11.9 Å². The molecule has 9 heteroatoms. The molecule has 9 unspecified atom stereocenters. The molecular weight excluding hydrogens is 526 g/mol. The molecule has 4 aliphatic heterocycles. The number of benzene rings is 1. The largest absolute Gasteiger partial charge is 0.446 e. The molecule has 9 atom stereocenters. The first-order valence-electron chi connectivity index (χ1n) is 14.6. The van der Waals surface area contributed by atoms with Crippen LogP contribution in [-0.2, 0) is 28.5 Å². The molecule has 4 heterocycles. The number of aliphatic hydroxyl groups is 1. The number of hydrogen-bond acceptors (Lipinski definition) is 9. The van der Waals surface area contributed by atoms with Gasteiger partial charge in [0, 0.05) is 23.7 Å². The summed E-state index contributed by atoms with van der Waals surface area (Å²) in [5, 5.41) is 13.0. The van der Waals surface area contributed by atoms with Crippen LogP contribution in [0.1, 0.15) is 70.7 Å². The van der Waals surface area contributed by atoms with E-state index in [4.69, 9.17) is 23.7 Å². The van der Waals surface area contributed by atoms with Crippen LogP contribution < -0.4 is 0 Å². The summed E-state index contributed by atoms with van der Waals surface area (Å²) in [5.41, 5.74) is -0.00523. The average Bonchev–Trinajstić information content (AvgIpc) is 3.25. The van der Waals surface area contributed by atoms with E-state index in [-0.39, 0.29) is 6.73 Å². The molecule has 1 N–H and O–H groups in total. The first-order valence-corrected chi connectivity index (χ1v) is 14.6. The molecule has 4 saturated heterocycles. The highest BCUT2D eigenvalue weighted by atomic mass is 16.7. The molecular formula is C32H41NO8. The van der Waals surface area contributed by atoms with E-state index in [0.29, 0.717) is 31.2 Å². The Balaban J connectivity index is 1.51. The van der Waals surface area contributed by atoms with E-state index in [2.05, 4.69) is 34.3 Å². The molecule has 7 rings (SSSR count). The summed E-state index contributed by atoms with van der Waals surface area (Å²) in [7, 11) is 0. The molecule has 0 radical (unpaired) electrons. The Morgan fingerprint density at radius 1 is 1.15 bits per heavy atom. The van der Waals surface area contributed by atoms with Crippen LogP contribution in [0, 0.1) is 16.7 Å². The van der Waals surface area contributed by atoms with Gasteiger partial charge < -0.3 is 28.8 Å². The Labute approximate surface area is 241 Å². The Bertz CT molecular complexity index is 1260. The SMILES string of the molecule is C=CC1OC2C3=C(C)CCC(O)(C4C5C(OC(C)=O)OC(CCC5(C)C2O1)N4COC(=O)c1ccccc1)C3(C)C. The zero-order chi connectivity index (χ0) is 29.3. The van der Waals surface area contributed by atoms with E-state index < -0.39 is 71.3 Å². The Morgan fingerprint density at radius 3 is 2.56 bits per heavy atom. The summed E-state index contributed by atoms with van der Waals surface area (Å²) >= 11 is 0. The number of ether oxygens (including phenoxy) is 5. The highest BCUT2D eigenvalue weighted by Crippen LogP contribution is 2.64. The summed E-state index contributed by atoms with van der Waals surface area (Å²) in [4.78, 5) is 27.4. The maximum Gasteiger partial charge on any atom is 0.339 e. The zero-order valence-electron chi connectivity index (χ0n) is 24.5. The molecule has 9 nitrogen and oxygen atoms in total. The summed E-state index contributed by atoms with van der Waals surface area (Å²) in [6, 6.07) is 8.27. The minimum atomic E-state index is -1.29. The minimum absolute atomic E-state index is 0.0837. The van der Waals surface area contributed by atoms with Crippen molar-refractivity contribution in [3.05, 3.63) is 59.7 Å². The van der Waals surface area contributed by atoms with Crippen molar-refractivity contribution in [2.24, 2.45) is 16.7 Å². The van der Waals surface area contributed by atoms with E-state index in [9.17, 15) is 14.7 Å². The van der Waals surface area contributed by atoms with Crippen LogP contribution in [-0.4, -0.2) is 71.3 Å². The number of hydrogen-bond donors (Lipinski definition) is 1. The van der Waals surface area contributed by atoms with Crippen molar-refractivity contribution in [1.82, 2.24) is 4.90 Å². The van der Waals surface area contributed by atoms with Gasteiger partial charge in [-0.3, -0.25) is 4.79 Å². The van der Waals surface area contributed by atoms with Gasteiger partial charge in [-0.2, -0.15) is 0 Å². The molecule has 6 bridgehead atoms. The van der Waals surface area contributed by atoms with Crippen molar-refractivity contribution in [1.29, 1.82) is 0 Å². The van der Waals surface area contributed by atoms with Crippen LogP contribution in [0.3, 0.4) is 0 Å². The summed E-state index contributed by atoms with van der Waals surface area (Å²) < 4.78 is 31.4. The predicted octanol–water partition coefficient (Wildman–Crippen LogP) is 4.31. The molecule has 1 aromatic carbocycles. The number of esters is 2. The second-order valence-electron chi connectivity index (χ2n) is 13.0. The number of nitrogens with zero attached hydrogens (tertiary/aromatic N) is 1. The molecule has 222 valence electrons. The lowest BCUT2D eigenvalue weighted by atomic mass is 9.49. The fourth-order valence-electron chi connectivity index (χ4n) is 8.48. The van der Waals surface area contributed by atoms with Crippen molar-refractivity contribution in [3.63, 3.8) is 0 Å². The number of carbonyl (C=O) groups excluding carboxylic acids is 2. The Morgan fingerprint density at radius 2 is 1.88 bits per heavy atom. The Kier molecular flexibility index (Phi) is 6.98. The van der Waals surface area contributed by atoms with Crippen LogP contribution in [0.15, 0.2) is 54.1 Å². The van der Waals surface area contributed by atoms with Crippen molar-refractivity contribution in [2.45, 2.75) is 103 Å². The van der Waals surface area contributed by atoms with Gasteiger partial charge in [0.15, 0.2) is 6.29 Å². The fraction of sp³-hybridized carbons (Fsp3) is 0.625. The molecule has 0 spiro atoms. The highest BCUT2D eigenvalue weighted by molar-refractivity contribution is 5.89. The number of fused-ring (bicyclic) bond motifs is 6. The van der Waals surface area contributed by atoms with E-state index in [1.54, 1.807) is 30.3 Å².